The normalized spacial score (nSPS) is 12.2. The van der Waals surface area contributed by atoms with Crippen LogP contribution in [0.2, 0.25) is 0 Å². The molecule has 1 aliphatic rings. The van der Waals surface area contributed by atoms with Crippen molar-refractivity contribution in [1.29, 1.82) is 0 Å². The van der Waals surface area contributed by atoms with Crippen molar-refractivity contribution in [3.05, 3.63) is 123 Å². The second kappa shape index (κ2) is 15.9. The van der Waals surface area contributed by atoms with Crippen molar-refractivity contribution in [2.75, 3.05) is 48.5 Å². The van der Waals surface area contributed by atoms with Gasteiger partial charge in [-0.3, -0.25) is 10.1 Å². The van der Waals surface area contributed by atoms with Gasteiger partial charge < -0.3 is 35.9 Å². The minimum Gasteiger partial charge on any atom is -0.492 e. The molecule has 1 aliphatic heterocycles. The first-order valence-electron chi connectivity index (χ1n) is 17.2. The van der Waals surface area contributed by atoms with Crippen LogP contribution in [0.15, 0.2) is 84.9 Å². The van der Waals surface area contributed by atoms with E-state index in [-0.39, 0.29) is 22.6 Å². The van der Waals surface area contributed by atoms with Crippen molar-refractivity contribution >= 4 is 40.1 Å². The Balaban J connectivity index is 1.07. The highest BCUT2D eigenvalue weighted by atomic mass is 19.1. The predicted molar refractivity (Wildman–Crippen MR) is 201 cm³/mol. The van der Waals surface area contributed by atoms with Crippen molar-refractivity contribution in [2.24, 2.45) is 0 Å². The van der Waals surface area contributed by atoms with Crippen LogP contribution in [-0.4, -0.2) is 37.7 Å². The highest BCUT2D eigenvalue weighted by Gasteiger charge is 2.20. The van der Waals surface area contributed by atoms with E-state index in [9.17, 15) is 23.7 Å². The fraction of sp³-hybridized carbons (Fsp3) is 0.225. The minimum atomic E-state index is -0.997. The SMILES string of the molecule is CCOc1cc2c(cc1Nc1ccc(N)c(OCCCc3cc(C(=O)Oc4cc(F)c(-c5ccc([N+](=O)[O-])cc5)c(F)c4)ccc3N)c1)CCCN2C. The first-order valence-corrected chi connectivity index (χ1v) is 17.2. The molecule has 11 nitrogen and oxygen atoms in total. The van der Waals surface area contributed by atoms with E-state index in [2.05, 4.69) is 29.4 Å². The monoisotopic (exact) mass is 723 g/mol. The van der Waals surface area contributed by atoms with Crippen LogP contribution >= 0.6 is 0 Å². The molecule has 0 amide bonds. The molecule has 1 heterocycles. The third-order valence-electron chi connectivity index (χ3n) is 8.94. The van der Waals surface area contributed by atoms with Crippen molar-refractivity contribution in [3.63, 3.8) is 0 Å². The highest BCUT2D eigenvalue weighted by molar-refractivity contribution is 5.92. The summed E-state index contributed by atoms with van der Waals surface area (Å²) < 4.78 is 47.3. The van der Waals surface area contributed by atoms with Crippen LogP contribution in [0.25, 0.3) is 11.1 Å². The summed E-state index contributed by atoms with van der Waals surface area (Å²) in [4.78, 5) is 25.5. The fourth-order valence-electron chi connectivity index (χ4n) is 6.26. The molecule has 0 spiro atoms. The quantitative estimate of drug-likeness (QED) is 0.0269. The summed E-state index contributed by atoms with van der Waals surface area (Å²) >= 11 is 0. The first-order chi connectivity index (χ1) is 25.5. The van der Waals surface area contributed by atoms with Crippen LogP contribution in [-0.2, 0) is 12.8 Å². The number of hydrogen-bond donors (Lipinski definition) is 3. The molecule has 0 unspecified atom stereocenters. The molecular formula is C40H39F2N5O6. The Labute approximate surface area is 305 Å². The number of ether oxygens (including phenoxy) is 3. The molecule has 0 fully saturated rings. The van der Waals surface area contributed by atoms with Crippen LogP contribution in [0.4, 0.5) is 42.9 Å². The number of nitrogens with two attached hydrogens (primary N) is 2. The molecule has 0 aromatic heterocycles. The molecule has 0 atom stereocenters. The number of nitrogens with one attached hydrogen (secondary N) is 1. The van der Waals surface area contributed by atoms with E-state index in [4.69, 9.17) is 25.7 Å². The Morgan fingerprint density at radius 3 is 2.38 bits per heavy atom. The topological polar surface area (TPSA) is 155 Å². The van der Waals surface area contributed by atoms with E-state index in [1.807, 2.05) is 19.1 Å². The number of rotatable bonds is 13. The lowest BCUT2D eigenvalue weighted by atomic mass is 10.0. The van der Waals surface area contributed by atoms with Crippen LogP contribution in [0, 0.1) is 21.7 Å². The molecule has 0 saturated carbocycles. The summed E-state index contributed by atoms with van der Waals surface area (Å²) in [5.41, 5.74) is 17.7. The van der Waals surface area contributed by atoms with Gasteiger partial charge in [0, 0.05) is 67.1 Å². The third kappa shape index (κ3) is 8.41. The van der Waals surface area contributed by atoms with Gasteiger partial charge in [-0.2, -0.15) is 0 Å². The lowest BCUT2D eigenvalue weighted by Crippen LogP contribution is -2.24. The Hall–Kier alpha value is -6.37. The minimum absolute atomic E-state index is 0.0947. The second-order valence-electron chi connectivity index (χ2n) is 12.6. The number of aryl methyl sites for hydroxylation is 2. The lowest BCUT2D eigenvalue weighted by Gasteiger charge is -2.29. The van der Waals surface area contributed by atoms with E-state index >= 15 is 0 Å². The smallest absolute Gasteiger partial charge is 0.343 e. The number of nitro groups is 1. The van der Waals surface area contributed by atoms with E-state index in [0.29, 0.717) is 48.7 Å². The third-order valence-corrected chi connectivity index (χ3v) is 8.94. The van der Waals surface area contributed by atoms with Gasteiger partial charge in [0.25, 0.3) is 5.69 Å². The number of fused-ring (bicyclic) bond motifs is 1. The number of benzene rings is 5. The van der Waals surface area contributed by atoms with Gasteiger partial charge in [0.05, 0.1) is 40.6 Å². The molecule has 5 N–H and O–H groups in total. The number of anilines is 5. The van der Waals surface area contributed by atoms with E-state index in [1.165, 1.54) is 29.4 Å². The molecule has 5 aromatic rings. The maximum absolute atomic E-state index is 15.0. The van der Waals surface area contributed by atoms with Crippen LogP contribution in [0.1, 0.15) is 41.3 Å². The summed E-state index contributed by atoms with van der Waals surface area (Å²) in [6.45, 7) is 3.79. The zero-order valence-corrected chi connectivity index (χ0v) is 29.3. The lowest BCUT2D eigenvalue weighted by molar-refractivity contribution is -0.384. The number of carbonyl (C=O) groups excluding carboxylic acids is 1. The van der Waals surface area contributed by atoms with Gasteiger partial charge >= 0.3 is 5.97 Å². The molecule has 0 radical (unpaired) electrons. The standard InChI is InChI=1S/C40H39F2N5O6/c1-3-51-38-23-36-26(6-4-16-46(36)2)19-35(38)45-28-11-15-34(44)37(20-28)52-17-5-7-25-18-27(10-14-33(25)43)40(48)53-30-21-31(41)39(32(42)22-30)24-8-12-29(13-9-24)47(49)50/h8-15,18-23,45H,3-7,16-17,43-44H2,1-2H3. The summed E-state index contributed by atoms with van der Waals surface area (Å²) in [6.07, 6.45) is 3.07. The van der Waals surface area contributed by atoms with E-state index < -0.39 is 28.1 Å². The molecule has 5 aromatic carbocycles. The van der Waals surface area contributed by atoms with Gasteiger partial charge in [0.2, 0.25) is 0 Å². The number of hydrogen-bond acceptors (Lipinski definition) is 10. The molecule has 0 bridgehead atoms. The van der Waals surface area contributed by atoms with Gasteiger partial charge in [-0.25, -0.2) is 13.6 Å². The summed E-state index contributed by atoms with van der Waals surface area (Å²) in [6, 6.07) is 20.8. The molecule has 0 aliphatic carbocycles. The van der Waals surface area contributed by atoms with E-state index in [1.54, 1.807) is 18.2 Å². The number of carbonyl (C=O) groups is 1. The Bertz CT molecular complexity index is 2140. The predicted octanol–water partition coefficient (Wildman–Crippen LogP) is 8.46. The number of esters is 1. The van der Waals surface area contributed by atoms with Gasteiger partial charge in [-0.1, -0.05) is 0 Å². The zero-order chi connectivity index (χ0) is 37.6. The van der Waals surface area contributed by atoms with Gasteiger partial charge in [-0.05, 0) is 97.8 Å². The largest absolute Gasteiger partial charge is 0.492 e. The average Bonchev–Trinajstić information content (AvgIpc) is 3.12. The summed E-state index contributed by atoms with van der Waals surface area (Å²) in [5, 5.41) is 14.4. The maximum Gasteiger partial charge on any atom is 0.343 e. The highest BCUT2D eigenvalue weighted by Crippen LogP contribution is 2.39. The number of non-ortho nitro benzene ring substituents is 1. The van der Waals surface area contributed by atoms with Gasteiger partial charge in [-0.15, -0.1) is 0 Å². The maximum atomic E-state index is 15.0. The number of nitro benzene ring substituents is 1. The Morgan fingerprint density at radius 2 is 1.66 bits per heavy atom. The fourth-order valence-corrected chi connectivity index (χ4v) is 6.26. The van der Waals surface area contributed by atoms with Gasteiger partial charge in [0.15, 0.2) is 0 Å². The Kier molecular flexibility index (Phi) is 10.9. The van der Waals surface area contributed by atoms with Crippen LogP contribution in [0.3, 0.4) is 0 Å². The molecule has 53 heavy (non-hydrogen) atoms. The van der Waals surface area contributed by atoms with Crippen molar-refractivity contribution in [1.82, 2.24) is 0 Å². The number of halogens is 2. The average molecular weight is 724 g/mol. The molecule has 6 rings (SSSR count). The molecule has 13 heteroatoms. The number of nitrogens with zero attached hydrogens (tertiary/aromatic N) is 2. The molecule has 0 saturated heterocycles. The van der Waals surface area contributed by atoms with Crippen molar-refractivity contribution in [2.45, 2.75) is 32.6 Å². The summed E-state index contributed by atoms with van der Waals surface area (Å²) in [5.74, 6) is -1.90. The molecule has 274 valence electrons. The van der Waals surface area contributed by atoms with Crippen LogP contribution in [0.5, 0.6) is 17.2 Å². The first kappa shape index (κ1) is 36.4. The molecular weight excluding hydrogens is 684 g/mol. The zero-order valence-electron chi connectivity index (χ0n) is 29.3. The van der Waals surface area contributed by atoms with Gasteiger partial charge in [0.1, 0.15) is 28.9 Å². The second-order valence-corrected chi connectivity index (χ2v) is 12.6. The number of nitrogen functional groups attached to an aromatic ring is 2. The summed E-state index contributed by atoms with van der Waals surface area (Å²) in [7, 11) is 2.09. The van der Waals surface area contributed by atoms with Crippen molar-refractivity contribution < 1.29 is 32.7 Å². The van der Waals surface area contributed by atoms with Crippen LogP contribution < -0.4 is 35.9 Å². The Morgan fingerprint density at radius 1 is 0.925 bits per heavy atom. The van der Waals surface area contributed by atoms with E-state index in [0.717, 1.165) is 60.8 Å². The van der Waals surface area contributed by atoms with Crippen molar-refractivity contribution in [3.8, 4) is 28.4 Å².